The van der Waals surface area contributed by atoms with Crippen molar-refractivity contribution in [2.24, 2.45) is 0 Å². The third-order valence-electron chi connectivity index (χ3n) is 7.53. The average molecular weight is 525 g/mol. The maximum Gasteiger partial charge on any atom is 0.429 e. The van der Waals surface area contributed by atoms with Crippen molar-refractivity contribution >= 4 is 30.2 Å². The minimum absolute atomic E-state index is 0.00951. The quantitative estimate of drug-likeness (QED) is 0.280. The van der Waals surface area contributed by atoms with Gasteiger partial charge in [0.2, 0.25) is 5.91 Å². The van der Waals surface area contributed by atoms with Crippen LogP contribution in [0, 0.1) is 13.8 Å². The molecule has 1 aliphatic rings. The summed E-state index contributed by atoms with van der Waals surface area (Å²) in [7, 11) is -4.56. The number of amides is 1. The van der Waals surface area contributed by atoms with E-state index in [2.05, 4.69) is 67.2 Å². The molecule has 0 atom stereocenters. The van der Waals surface area contributed by atoms with E-state index >= 15 is 0 Å². The molecule has 0 spiro atoms. The molecule has 1 fully saturated rings. The van der Waals surface area contributed by atoms with Crippen LogP contribution in [0.1, 0.15) is 60.8 Å². The number of rotatable bonds is 6. The molecule has 5 rings (SSSR count). The third-order valence-corrected chi connectivity index (χ3v) is 8.07. The second-order valence-electron chi connectivity index (χ2n) is 10.3. The minimum atomic E-state index is -4.56. The summed E-state index contributed by atoms with van der Waals surface area (Å²) in [5, 5.41) is 7.35. The Bertz CT molecular complexity index is 1530. The number of fused-ring (bicyclic) bond motifs is 2. The van der Waals surface area contributed by atoms with Crippen molar-refractivity contribution in [2.75, 3.05) is 19.6 Å². The molecule has 11 heteroatoms. The maximum absolute atomic E-state index is 11.9. The lowest BCUT2D eigenvalue weighted by Crippen LogP contribution is -2.40. The van der Waals surface area contributed by atoms with Gasteiger partial charge in [-0.2, -0.15) is 5.10 Å². The van der Waals surface area contributed by atoms with Gasteiger partial charge < -0.3 is 14.8 Å². The lowest BCUT2D eigenvalue weighted by Gasteiger charge is -2.31. The van der Waals surface area contributed by atoms with Crippen molar-refractivity contribution in [2.45, 2.75) is 52.4 Å². The van der Waals surface area contributed by atoms with Crippen LogP contribution < -0.4 is 5.09 Å². The fraction of sp³-hybridized carbons (Fsp3) is 0.423. The van der Waals surface area contributed by atoms with E-state index < -0.39 is 13.7 Å². The first-order valence-electron chi connectivity index (χ1n) is 12.6. The number of aryl methyl sites for hydroxylation is 1. The summed E-state index contributed by atoms with van der Waals surface area (Å²) in [6, 6.07) is 6.66. The van der Waals surface area contributed by atoms with Crippen LogP contribution in [0.25, 0.3) is 27.8 Å². The van der Waals surface area contributed by atoms with Gasteiger partial charge in [0.15, 0.2) is 5.65 Å². The highest BCUT2D eigenvalue weighted by Crippen LogP contribution is 2.40. The fourth-order valence-corrected chi connectivity index (χ4v) is 5.97. The molecule has 3 aromatic heterocycles. The van der Waals surface area contributed by atoms with Gasteiger partial charge in [-0.15, -0.1) is 0 Å². The number of aromatic nitrogens is 4. The van der Waals surface area contributed by atoms with Gasteiger partial charge in [-0.3, -0.25) is 14.8 Å². The predicted octanol–water partition coefficient (Wildman–Crippen LogP) is 4.01. The largest absolute Gasteiger partial charge is 0.429 e. The van der Waals surface area contributed by atoms with E-state index in [-0.39, 0.29) is 6.54 Å². The summed E-state index contributed by atoms with van der Waals surface area (Å²) < 4.78 is 12.8. The number of hydrogen-bond acceptors (Lipinski definition) is 5. The number of nitrogens with one attached hydrogen (secondary N) is 2. The highest BCUT2D eigenvalue weighted by molar-refractivity contribution is 7.50. The SMILES string of the molecule is Cc1c(-c2[nH]c3ccc(C4CCN(CC(=O)NP(=O)(O)O)CC4)cc3c2C(C)C)cn2ncnc2c1C. The number of piperidine rings is 1. The highest BCUT2D eigenvalue weighted by atomic mass is 31.2. The van der Waals surface area contributed by atoms with E-state index in [9.17, 15) is 9.36 Å². The molecule has 0 unspecified atom stereocenters. The van der Waals surface area contributed by atoms with Gasteiger partial charge >= 0.3 is 7.75 Å². The molecule has 0 saturated carbocycles. The number of likely N-dealkylation sites (tertiary alicyclic amines) is 1. The number of aromatic amines is 1. The van der Waals surface area contributed by atoms with Gasteiger partial charge in [-0.05, 0) is 86.0 Å². The topological polar surface area (TPSA) is 136 Å². The van der Waals surface area contributed by atoms with Crippen molar-refractivity contribution in [3.63, 3.8) is 0 Å². The predicted molar refractivity (Wildman–Crippen MR) is 142 cm³/mol. The molecule has 0 bridgehead atoms. The van der Waals surface area contributed by atoms with Crippen LogP contribution in [-0.4, -0.2) is 59.8 Å². The zero-order valence-corrected chi connectivity index (χ0v) is 22.4. The highest BCUT2D eigenvalue weighted by Gasteiger charge is 2.26. The Morgan fingerprint density at radius 3 is 2.62 bits per heavy atom. The van der Waals surface area contributed by atoms with Crippen molar-refractivity contribution < 1.29 is 19.1 Å². The van der Waals surface area contributed by atoms with Crippen molar-refractivity contribution in [1.29, 1.82) is 0 Å². The van der Waals surface area contributed by atoms with E-state index in [0.717, 1.165) is 40.8 Å². The zero-order valence-electron chi connectivity index (χ0n) is 21.5. The van der Waals surface area contributed by atoms with Crippen LogP contribution in [0.4, 0.5) is 0 Å². The Hall–Kier alpha value is -3.04. The molecule has 4 N–H and O–H groups in total. The lowest BCUT2D eigenvalue weighted by molar-refractivity contribution is -0.121. The van der Waals surface area contributed by atoms with E-state index in [4.69, 9.17) is 9.79 Å². The molecular formula is C26H33N6O4P. The second kappa shape index (κ2) is 9.68. The normalized spacial score (nSPS) is 15.8. The molecule has 0 radical (unpaired) electrons. The van der Waals surface area contributed by atoms with Gasteiger partial charge in [-0.25, -0.2) is 14.1 Å². The van der Waals surface area contributed by atoms with Crippen LogP contribution in [-0.2, 0) is 9.36 Å². The summed E-state index contributed by atoms with van der Waals surface area (Å²) in [5.41, 5.74) is 9.07. The van der Waals surface area contributed by atoms with Gasteiger partial charge in [-0.1, -0.05) is 19.9 Å². The first-order chi connectivity index (χ1) is 17.5. The Labute approximate surface area is 215 Å². The van der Waals surface area contributed by atoms with E-state index in [0.29, 0.717) is 24.9 Å². The zero-order chi connectivity index (χ0) is 26.5. The molecule has 4 heterocycles. The Kier molecular flexibility index (Phi) is 6.70. The Morgan fingerprint density at radius 1 is 1.22 bits per heavy atom. The number of hydrogen-bond donors (Lipinski definition) is 4. The first kappa shape index (κ1) is 25.6. The summed E-state index contributed by atoms with van der Waals surface area (Å²) in [6.07, 6.45) is 5.40. The smallest absolute Gasteiger partial charge is 0.354 e. The number of benzene rings is 1. The van der Waals surface area contributed by atoms with Crippen LogP contribution in [0.15, 0.2) is 30.7 Å². The number of pyridine rings is 1. The molecule has 10 nitrogen and oxygen atoms in total. The molecule has 1 amide bonds. The van der Waals surface area contributed by atoms with Crippen molar-refractivity contribution in [3.8, 4) is 11.3 Å². The fourth-order valence-electron chi connectivity index (χ4n) is 5.58. The molecule has 37 heavy (non-hydrogen) atoms. The number of carbonyl (C=O) groups excluding carboxylic acids is 1. The van der Waals surface area contributed by atoms with E-state index in [1.165, 1.54) is 22.1 Å². The lowest BCUT2D eigenvalue weighted by atomic mass is 9.87. The molecule has 1 saturated heterocycles. The maximum atomic E-state index is 11.9. The average Bonchev–Trinajstić information content (AvgIpc) is 3.44. The van der Waals surface area contributed by atoms with Crippen LogP contribution >= 0.6 is 7.75 Å². The van der Waals surface area contributed by atoms with Crippen molar-refractivity contribution in [1.82, 2.24) is 29.6 Å². The summed E-state index contributed by atoms with van der Waals surface area (Å²) in [4.78, 5) is 39.8. The van der Waals surface area contributed by atoms with Crippen LogP contribution in [0.2, 0.25) is 0 Å². The summed E-state index contributed by atoms with van der Waals surface area (Å²) in [6.45, 7) is 10.0. The Morgan fingerprint density at radius 2 is 1.95 bits per heavy atom. The molecule has 1 aliphatic heterocycles. The first-order valence-corrected chi connectivity index (χ1v) is 14.2. The molecule has 0 aliphatic carbocycles. The van der Waals surface area contributed by atoms with Gasteiger partial charge in [0, 0.05) is 22.7 Å². The van der Waals surface area contributed by atoms with E-state index in [1.807, 2.05) is 9.42 Å². The molecule has 196 valence electrons. The van der Waals surface area contributed by atoms with Gasteiger partial charge in [0.1, 0.15) is 6.33 Å². The van der Waals surface area contributed by atoms with E-state index in [1.54, 1.807) is 11.4 Å². The standard InChI is InChI=1S/C26H33N6O4P/c1-15(2)24-20-11-19(18-7-9-31(10-8-18)13-23(33)30-37(34,35)36)5-6-22(20)29-25(24)21-12-32-26(27-14-28-32)17(4)16(21)3/h5-6,11-12,14-15,18,29H,7-10,13H2,1-4H3,(H3,30,33,34,35,36). The minimum Gasteiger partial charge on any atom is -0.354 e. The third kappa shape index (κ3) is 5.07. The second-order valence-corrected chi connectivity index (χ2v) is 11.6. The van der Waals surface area contributed by atoms with Gasteiger partial charge in [0.25, 0.3) is 0 Å². The summed E-state index contributed by atoms with van der Waals surface area (Å²) in [5.74, 6) is 0.0168. The van der Waals surface area contributed by atoms with Crippen molar-refractivity contribution in [3.05, 3.63) is 53.0 Å². The van der Waals surface area contributed by atoms with Gasteiger partial charge in [0.05, 0.1) is 12.2 Å². The molecule has 1 aromatic carbocycles. The Balaban J connectivity index is 1.42. The monoisotopic (exact) mass is 524 g/mol. The number of H-pyrrole nitrogens is 1. The molecule has 4 aromatic rings. The van der Waals surface area contributed by atoms with Crippen LogP contribution in [0.5, 0.6) is 0 Å². The molecular weight excluding hydrogens is 491 g/mol. The number of nitrogens with zero attached hydrogens (tertiary/aromatic N) is 4. The summed E-state index contributed by atoms with van der Waals surface area (Å²) >= 11 is 0. The number of carbonyl (C=O) groups is 1. The van der Waals surface area contributed by atoms with Crippen LogP contribution in [0.3, 0.4) is 0 Å².